The average molecular weight is 461 g/mol. The Morgan fingerprint density at radius 1 is 1.23 bits per heavy atom. The summed E-state index contributed by atoms with van der Waals surface area (Å²) in [4.78, 5) is 16.6. The van der Waals surface area contributed by atoms with Crippen LogP contribution in [0, 0.1) is 6.92 Å². The van der Waals surface area contributed by atoms with Crippen LogP contribution in [0.25, 0.3) is 0 Å². The summed E-state index contributed by atoms with van der Waals surface area (Å²) in [5.41, 5.74) is 1.69. The van der Waals surface area contributed by atoms with Gasteiger partial charge in [-0.25, -0.2) is 0 Å². The minimum atomic E-state index is -0.253. The molecule has 1 N–H and O–H groups in total. The van der Waals surface area contributed by atoms with E-state index in [1.165, 1.54) is 18.4 Å². The molecule has 3 heterocycles. The van der Waals surface area contributed by atoms with Crippen LogP contribution in [0.1, 0.15) is 16.3 Å². The highest BCUT2D eigenvalue weighted by molar-refractivity contribution is 8.00. The lowest BCUT2D eigenvalue weighted by atomic mass is 10.2. The summed E-state index contributed by atoms with van der Waals surface area (Å²) in [5.74, 6) is 2.66. The number of hydrogen-bond acceptors (Lipinski definition) is 10. The molecule has 2 aromatic heterocycles. The Morgan fingerprint density at radius 3 is 2.90 bits per heavy atom. The third kappa shape index (κ3) is 5.56. The van der Waals surface area contributed by atoms with Crippen LogP contribution in [-0.2, 0) is 17.1 Å². The molecule has 31 heavy (non-hydrogen) atoms. The van der Waals surface area contributed by atoms with Crippen molar-refractivity contribution in [3.05, 3.63) is 46.7 Å². The molecule has 162 valence electrons. The van der Waals surface area contributed by atoms with Crippen molar-refractivity contribution in [2.24, 2.45) is 0 Å². The summed E-state index contributed by atoms with van der Waals surface area (Å²) in [7, 11) is 1.53. The molecule has 1 amide bonds. The van der Waals surface area contributed by atoms with Gasteiger partial charge < -0.3 is 24.3 Å². The molecule has 0 saturated carbocycles. The smallest absolute Gasteiger partial charge is 0.258 e. The summed E-state index contributed by atoms with van der Waals surface area (Å²) in [6, 6.07) is 7.32. The molecule has 0 bridgehead atoms. The van der Waals surface area contributed by atoms with Crippen molar-refractivity contribution in [1.82, 2.24) is 20.5 Å². The second-order valence-corrected chi connectivity index (χ2v) is 8.86. The number of carbonyl (C=O) groups excluding carboxylic acids is 1. The SMILES string of the molecule is COc1cnc(CSc2nnc(C)s2)cc1OCC(=O)NCc1ccc2c(c1)OCO2. The monoisotopic (exact) mass is 460 g/mol. The van der Waals surface area contributed by atoms with Crippen LogP contribution >= 0.6 is 23.1 Å². The Kier molecular flexibility index (Phi) is 6.73. The third-order valence-corrected chi connectivity index (χ3v) is 6.25. The standard InChI is InChI=1S/C20H20N4O5S2/c1-12-23-24-20(31-12)30-10-14-6-17(18(26-2)8-21-14)27-9-19(25)22-7-13-3-4-15-16(5-13)29-11-28-15/h3-6,8H,7,9-11H2,1-2H3,(H,22,25). The number of nitrogens with zero attached hydrogens (tertiary/aromatic N) is 3. The fourth-order valence-corrected chi connectivity index (χ4v) is 4.45. The first kappa shape index (κ1) is 21.2. The van der Waals surface area contributed by atoms with E-state index in [1.54, 1.807) is 24.0 Å². The van der Waals surface area contributed by atoms with E-state index in [0.29, 0.717) is 35.3 Å². The van der Waals surface area contributed by atoms with Crippen LogP contribution in [0.2, 0.25) is 0 Å². The number of methoxy groups -OCH3 is 1. The zero-order valence-corrected chi connectivity index (χ0v) is 18.5. The number of pyridine rings is 1. The Hall–Kier alpha value is -3.05. The number of aromatic nitrogens is 3. The Labute approximate surface area is 187 Å². The number of carbonyl (C=O) groups is 1. The highest BCUT2D eigenvalue weighted by atomic mass is 32.2. The van der Waals surface area contributed by atoms with Crippen molar-refractivity contribution in [2.45, 2.75) is 23.6 Å². The molecular formula is C20H20N4O5S2. The number of amides is 1. The molecule has 1 aliphatic rings. The van der Waals surface area contributed by atoms with Gasteiger partial charge in [0, 0.05) is 18.4 Å². The van der Waals surface area contributed by atoms with E-state index < -0.39 is 0 Å². The molecule has 1 aliphatic heterocycles. The van der Waals surface area contributed by atoms with E-state index >= 15 is 0 Å². The molecule has 4 rings (SSSR count). The van der Waals surface area contributed by atoms with Crippen molar-refractivity contribution < 1.29 is 23.7 Å². The van der Waals surface area contributed by atoms with Gasteiger partial charge in [-0.05, 0) is 24.6 Å². The van der Waals surface area contributed by atoms with Crippen LogP contribution in [0.5, 0.6) is 23.0 Å². The van der Waals surface area contributed by atoms with Gasteiger partial charge in [0.1, 0.15) is 5.01 Å². The Bertz CT molecular complexity index is 1080. The van der Waals surface area contributed by atoms with E-state index in [4.69, 9.17) is 18.9 Å². The van der Waals surface area contributed by atoms with Crippen LogP contribution in [-0.4, -0.2) is 41.6 Å². The highest BCUT2D eigenvalue weighted by Crippen LogP contribution is 2.32. The molecule has 11 heteroatoms. The second-order valence-electron chi connectivity index (χ2n) is 6.46. The fourth-order valence-electron chi connectivity index (χ4n) is 2.73. The van der Waals surface area contributed by atoms with Gasteiger partial charge in [0.05, 0.1) is 19.0 Å². The van der Waals surface area contributed by atoms with Gasteiger partial charge in [-0.2, -0.15) is 0 Å². The molecule has 0 aliphatic carbocycles. The number of thioether (sulfide) groups is 1. The second kappa shape index (κ2) is 9.84. The van der Waals surface area contributed by atoms with Crippen LogP contribution in [0.4, 0.5) is 0 Å². The molecule has 0 saturated heterocycles. The predicted molar refractivity (Wildman–Crippen MR) is 115 cm³/mol. The van der Waals surface area contributed by atoms with Crippen LogP contribution in [0.3, 0.4) is 0 Å². The maximum atomic E-state index is 12.3. The van der Waals surface area contributed by atoms with Gasteiger partial charge in [0.2, 0.25) is 6.79 Å². The van der Waals surface area contributed by atoms with Crippen molar-refractivity contribution in [3.8, 4) is 23.0 Å². The number of rotatable bonds is 9. The van der Waals surface area contributed by atoms with E-state index in [0.717, 1.165) is 20.6 Å². The predicted octanol–water partition coefficient (Wildman–Crippen LogP) is 2.97. The van der Waals surface area contributed by atoms with Crippen molar-refractivity contribution in [3.63, 3.8) is 0 Å². The molecular weight excluding hydrogens is 440 g/mol. The van der Waals surface area contributed by atoms with Crippen molar-refractivity contribution >= 4 is 29.0 Å². The number of fused-ring (bicyclic) bond motifs is 1. The fraction of sp³-hybridized carbons (Fsp3) is 0.300. The van der Waals surface area contributed by atoms with E-state index in [2.05, 4.69) is 20.5 Å². The number of benzene rings is 1. The van der Waals surface area contributed by atoms with E-state index in [9.17, 15) is 4.79 Å². The third-order valence-electron chi connectivity index (χ3n) is 4.24. The van der Waals surface area contributed by atoms with E-state index in [-0.39, 0.29) is 19.3 Å². The summed E-state index contributed by atoms with van der Waals surface area (Å²) in [5, 5.41) is 11.8. The van der Waals surface area contributed by atoms with Gasteiger partial charge >= 0.3 is 0 Å². The van der Waals surface area contributed by atoms with Gasteiger partial charge in [0.15, 0.2) is 33.9 Å². The Balaban J connectivity index is 1.30. The first-order chi connectivity index (χ1) is 15.1. The number of ether oxygens (including phenoxy) is 4. The summed E-state index contributed by atoms with van der Waals surface area (Å²) < 4.78 is 22.5. The van der Waals surface area contributed by atoms with Crippen LogP contribution in [0.15, 0.2) is 34.8 Å². The lowest BCUT2D eigenvalue weighted by Gasteiger charge is -2.12. The highest BCUT2D eigenvalue weighted by Gasteiger charge is 2.14. The van der Waals surface area contributed by atoms with E-state index in [1.807, 2.05) is 25.1 Å². The molecule has 0 unspecified atom stereocenters. The molecule has 0 radical (unpaired) electrons. The normalized spacial score (nSPS) is 11.9. The Morgan fingerprint density at radius 2 is 2.10 bits per heavy atom. The minimum Gasteiger partial charge on any atom is -0.491 e. The van der Waals surface area contributed by atoms with Crippen molar-refractivity contribution in [1.29, 1.82) is 0 Å². The molecule has 3 aromatic rings. The quantitative estimate of drug-likeness (QED) is 0.483. The topological polar surface area (TPSA) is 105 Å². The zero-order valence-electron chi connectivity index (χ0n) is 16.9. The summed E-state index contributed by atoms with van der Waals surface area (Å²) in [6.07, 6.45) is 1.58. The molecule has 0 atom stereocenters. The average Bonchev–Trinajstić information content (AvgIpc) is 3.43. The maximum Gasteiger partial charge on any atom is 0.258 e. The van der Waals surface area contributed by atoms with Crippen molar-refractivity contribution in [2.75, 3.05) is 20.5 Å². The molecule has 1 aromatic carbocycles. The maximum absolute atomic E-state index is 12.3. The number of nitrogens with one attached hydrogen (secondary N) is 1. The van der Waals surface area contributed by atoms with Gasteiger partial charge in [-0.1, -0.05) is 29.2 Å². The zero-order chi connectivity index (χ0) is 21.6. The van der Waals surface area contributed by atoms with Crippen LogP contribution < -0.4 is 24.3 Å². The van der Waals surface area contributed by atoms with Gasteiger partial charge in [-0.15, -0.1) is 10.2 Å². The molecule has 0 spiro atoms. The number of hydrogen-bond donors (Lipinski definition) is 1. The molecule has 9 nitrogen and oxygen atoms in total. The minimum absolute atomic E-state index is 0.146. The molecule has 0 fully saturated rings. The van der Waals surface area contributed by atoms with Gasteiger partial charge in [0.25, 0.3) is 5.91 Å². The lowest BCUT2D eigenvalue weighted by molar-refractivity contribution is -0.123. The first-order valence-electron chi connectivity index (χ1n) is 9.34. The largest absolute Gasteiger partial charge is 0.491 e. The summed E-state index contributed by atoms with van der Waals surface area (Å²) >= 11 is 3.08. The first-order valence-corrected chi connectivity index (χ1v) is 11.1. The van der Waals surface area contributed by atoms with Gasteiger partial charge in [-0.3, -0.25) is 9.78 Å². The lowest BCUT2D eigenvalue weighted by Crippen LogP contribution is -2.28. The summed E-state index contributed by atoms with van der Waals surface area (Å²) in [6.45, 7) is 2.34. The number of aryl methyl sites for hydroxylation is 1.